The van der Waals surface area contributed by atoms with Gasteiger partial charge in [-0.25, -0.2) is 9.07 Å². The zero-order valence-corrected chi connectivity index (χ0v) is 16.9. The Hall–Kier alpha value is -2.32. The molecule has 1 fully saturated rings. The van der Waals surface area contributed by atoms with Gasteiger partial charge < -0.3 is 4.90 Å². The van der Waals surface area contributed by atoms with Crippen LogP contribution in [0.2, 0.25) is 0 Å². The fourth-order valence-electron chi connectivity index (χ4n) is 3.81. The zero-order valence-electron chi connectivity index (χ0n) is 16.0. The minimum absolute atomic E-state index is 0.192. The molecular weight excluding hydrogens is 375 g/mol. The average molecular weight is 401 g/mol. The number of halogens is 1. The van der Waals surface area contributed by atoms with E-state index >= 15 is 0 Å². The molecule has 6 nitrogen and oxygen atoms in total. The lowest BCUT2D eigenvalue weighted by Crippen LogP contribution is -2.48. The van der Waals surface area contributed by atoms with Crippen LogP contribution >= 0.6 is 11.3 Å². The van der Waals surface area contributed by atoms with E-state index in [1.165, 1.54) is 17.0 Å². The van der Waals surface area contributed by atoms with E-state index in [-0.39, 0.29) is 11.9 Å². The molecule has 3 heterocycles. The molecule has 148 valence electrons. The van der Waals surface area contributed by atoms with Crippen molar-refractivity contribution < 1.29 is 4.39 Å². The van der Waals surface area contributed by atoms with Gasteiger partial charge >= 0.3 is 0 Å². The summed E-state index contributed by atoms with van der Waals surface area (Å²) in [5, 5.41) is 14.7. The molecule has 1 aliphatic rings. The van der Waals surface area contributed by atoms with Crippen molar-refractivity contribution in [2.75, 3.05) is 31.1 Å². The van der Waals surface area contributed by atoms with Gasteiger partial charge in [0.1, 0.15) is 5.82 Å². The van der Waals surface area contributed by atoms with Gasteiger partial charge in [-0.05, 0) is 52.6 Å². The summed E-state index contributed by atoms with van der Waals surface area (Å²) < 4.78 is 15.1. The Balaban J connectivity index is 1.46. The lowest BCUT2D eigenvalue weighted by atomic mass is 10.1. The summed E-state index contributed by atoms with van der Waals surface area (Å²) in [5.41, 5.74) is 1.08. The molecule has 1 saturated heterocycles. The maximum absolute atomic E-state index is 13.2. The van der Waals surface area contributed by atoms with Crippen LogP contribution in [0.25, 0.3) is 0 Å². The van der Waals surface area contributed by atoms with Gasteiger partial charge in [-0.15, -0.1) is 16.4 Å². The highest BCUT2D eigenvalue weighted by Crippen LogP contribution is 2.27. The number of thiophene rings is 1. The molecule has 3 aromatic rings. The van der Waals surface area contributed by atoms with Crippen LogP contribution in [0.15, 0.2) is 41.8 Å². The highest BCUT2D eigenvalue weighted by atomic mass is 32.1. The normalized spacial score (nSPS) is 16.4. The van der Waals surface area contributed by atoms with Gasteiger partial charge in [0, 0.05) is 36.7 Å². The lowest BCUT2D eigenvalue weighted by molar-refractivity contribution is 0.164. The van der Waals surface area contributed by atoms with Crippen molar-refractivity contribution in [1.29, 1.82) is 0 Å². The van der Waals surface area contributed by atoms with Crippen molar-refractivity contribution in [3.63, 3.8) is 0 Å². The van der Waals surface area contributed by atoms with Crippen molar-refractivity contribution in [1.82, 2.24) is 25.1 Å². The maximum Gasteiger partial charge on any atom is 0.168 e. The third kappa shape index (κ3) is 4.23. The van der Waals surface area contributed by atoms with Crippen LogP contribution in [0.3, 0.4) is 0 Å². The average Bonchev–Trinajstić information content (AvgIpc) is 3.40. The van der Waals surface area contributed by atoms with Crippen molar-refractivity contribution >= 4 is 17.0 Å². The number of tetrazole rings is 1. The quantitative estimate of drug-likeness (QED) is 0.607. The third-order valence-corrected chi connectivity index (χ3v) is 6.11. The molecule has 1 aliphatic heterocycles. The van der Waals surface area contributed by atoms with Crippen molar-refractivity contribution in [2.45, 2.75) is 32.4 Å². The smallest absolute Gasteiger partial charge is 0.168 e. The van der Waals surface area contributed by atoms with Gasteiger partial charge in [0.05, 0.1) is 12.6 Å². The fraction of sp³-hybridized carbons (Fsp3) is 0.450. The van der Waals surface area contributed by atoms with Gasteiger partial charge in [-0.3, -0.25) is 4.90 Å². The number of anilines is 1. The van der Waals surface area contributed by atoms with Gasteiger partial charge in [0.2, 0.25) is 0 Å². The Labute approximate surface area is 168 Å². The van der Waals surface area contributed by atoms with Crippen LogP contribution < -0.4 is 4.90 Å². The van der Waals surface area contributed by atoms with E-state index in [0.717, 1.165) is 57.1 Å². The minimum Gasteiger partial charge on any atom is -0.369 e. The van der Waals surface area contributed by atoms with Gasteiger partial charge in [0.15, 0.2) is 5.82 Å². The van der Waals surface area contributed by atoms with E-state index in [1.807, 2.05) is 16.8 Å². The second kappa shape index (κ2) is 8.79. The number of nitrogens with zero attached hydrogens (tertiary/aromatic N) is 6. The second-order valence-corrected chi connectivity index (χ2v) is 8.11. The summed E-state index contributed by atoms with van der Waals surface area (Å²) in [5.74, 6) is 0.758. The maximum atomic E-state index is 13.2. The third-order valence-electron chi connectivity index (χ3n) is 5.25. The summed E-state index contributed by atoms with van der Waals surface area (Å²) in [7, 11) is 0. The molecule has 1 unspecified atom stereocenters. The molecule has 0 aliphatic carbocycles. The van der Waals surface area contributed by atoms with E-state index < -0.39 is 0 Å². The number of piperazine rings is 1. The molecule has 0 bridgehead atoms. The van der Waals surface area contributed by atoms with E-state index in [4.69, 9.17) is 0 Å². The zero-order chi connectivity index (χ0) is 19.3. The van der Waals surface area contributed by atoms with Crippen LogP contribution in [0.1, 0.15) is 36.5 Å². The largest absolute Gasteiger partial charge is 0.369 e. The number of rotatable bonds is 7. The molecular formula is C20H25FN6S. The lowest BCUT2D eigenvalue weighted by Gasteiger charge is -2.39. The fourth-order valence-corrected chi connectivity index (χ4v) is 4.49. The standard InChI is InChI=1S/C20H25FN6S/c1-2-4-19(20-22-23-24-27(20)15-18-5-3-14-28-18)26-12-10-25(11-13-26)17-8-6-16(21)7-9-17/h3,5-9,14,19H,2,4,10-13,15H2,1H3. The summed E-state index contributed by atoms with van der Waals surface area (Å²) in [6.07, 6.45) is 2.11. The van der Waals surface area contributed by atoms with Crippen LogP contribution in [-0.2, 0) is 6.54 Å². The summed E-state index contributed by atoms with van der Waals surface area (Å²) in [6.45, 7) is 6.63. The first-order valence-corrected chi connectivity index (χ1v) is 10.7. The summed E-state index contributed by atoms with van der Waals surface area (Å²) in [6, 6.07) is 11.2. The van der Waals surface area contributed by atoms with Crippen LogP contribution in [0.4, 0.5) is 10.1 Å². The Morgan fingerprint density at radius 3 is 2.57 bits per heavy atom. The van der Waals surface area contributed by atoms with Crippen LogP contribution in [-0.4, -0.2) is 51.3 Å². The van der Waals surface area contributed by atoms with E-state index in [9.17, 15) is 4.39 Å². The van der Waals surface area contributed by atoms with Crippen molar-refractivity contribution in [3.05, 3.63) is 58.3 Å². The monoisotopic (exact) mass is 400 g/mol. The van der Waals surface area contributed by atoms with E-state index in [1.54, 1.807) is 11.3 Å². The van der Waals surface area contributed by atoms with Gasteiger partial charge in [0.25, 0.3) is 0 Å². The molecule has 28 heavy (non-hydrogen) atoms. The molecule has 0 amide bonds. The van der Waals surface area contributed by atoms with E-state index in [2.05, 4.69) is 49.8 Å². The molecule has 0 radical (unpaired) electrons. The molecule has 0 N–H and O–H groups in total. The highest BCUT2D eigenvalue weighted by molar-refractivity contribution is 7.09. The SMILES string of the molecule is CCCC(c1nnnn1Cc1cccs1)N1CCN(c2ccc(F)cc2)CC1. The van der Waals surface area contributed by atoms with E-state index in [0.29, 0.717) is 0 Å². The van der Waals surface area contributed by atoms with Crippen molar-refractivity contribution in [3.8, 4) is 0 Å². The minimum atomic E-state index is -0.192. The van der Waals surface area contributed by atoms with Crippen LogP contribution in [0.5, 0.6) is 0 Å². The molecule has 1 aromatic carbocycles. The molecule has 8 heteroatoms. The Bertz CT molecular complexity index is 855. The Kier molecular flexibility index (Phi) is 5.97. The topological polar surface area (TPSA) is 50.1 Å². The highest BCUT2D eigenvalue weighted by Gasteiger charge is 2.28. The molecule has 2 aromatic heterocycles. The summed E-state index contributed by atoms with van der Waals surface area (Å²) >= 11 is 1.73. The van der Waals surface area contributed by atoms with Crippen LogP contribution in [0, 0.1) is 5.82 Å². The van der Waals surface area contributed by atoms with Crippen molar-refractivity contribution in [2.24, 2.45) is 0 Å². The predicted octanol–water partition coefficient (Wildman–Crippen LogP) is 3.59. The van der Waals surface area contributed by atoms with Gasteiger partial charge in [-0.2, -0.15) is 0 Å². The number of hydrogen-bond acceptors (Lipinski definition) is 6. The second-order valence-electron chi connectivity index (χ2n) is 7.08. The molecule has 1 atom stereocenters. The number of hydrogen-bond donors (Lipinski definition) is 0. The first-order chi connectivity index (χ1) is 13.7. The predicted molar refractivity (Wildman–Crippen MR) is 109 cm³/mol. The molecule has 0 spiro atoms. The summed E-state index contributed by atoms with van der Waals surface area (Å²) in [4.78, 5) is 6.05. The molecule has 4 rings (SSSR count). The molecule has 0 saturated carbocycles. The Morgan fingerprint density at radius 1 is 1.11 bits per heavy atom. The number of aromatic nitrogens is 4. The first-order valence-electron chi connectivity index (χ1n) is 9.77. The van der Waals surface area contributed by atoms with Gasteiger partial charge in [-0.1, -0.05) is 19.4 Å². The number of benzene rings is 1. The Morgan fingerprint density at radius 2 is 1.89 bits per heavy atom. The first kappa shape index (κ1) is 19.0.